The lowest BCUT2D eigenvalue weighted by Crippen LogP contribution is -2.34. The summed E-state index contributed by atoms with van der Waals surface area (Å²) in [6.45, 7) is 0.676. The molecule has 0 spiro atoms. The summed E-state index contributed by atoms with van der Waals surface area (Å²) in [6, 6.07) is 14.3. The number of fused-ring (bicyclic) bond motifs is 1. The third kappa shape index (κ3) is 3.16. The number of rotatable bonds is 4. The first-order chi connectivity index (χ1) is 13.0. The second-order valence-corrected chi connectivity index (χ2v) is 6.79. The van der Waals surface area contributed by atoms with Crippen molar-refractivity contribution in [2.75, 3.05) is 18.5 Å². The number of benzene rings is 2. The fraction of sp³-hybridized carbons (Fsp3) is 0.250. The van der Waals surface area contributed by atoms with Crippen LogP contribution in [0.1, 0.15) is 12.0 Å². The third-order valence-electron chi connectivity index (χ3n) is 4.89. The molecule has 1 aliphatic rings. The van der Waals surface area contributed by atoms with Gasteiger partial charge in [-0.15, -0.1) is 0 Å². The number of amides is 2. The van der Waals surface area contributed by atoms with Gasteiger partial charge >= 0.3 is 0 Å². The normalized spacial score (nSPS) is 16.9. The number of carbonyl (C=O) groups excluding carboxylic acids is 2. The molecule has 1 fully saturated rings. The Morgan fingerprint density at radius 1 is 1.26 bits per heavy atom. The zero-order valence-electron chi connectivity index (χ0n) is 14.9. The maximum absolute atomic E-state index is 14.2. The lowest BCUT2D eigenvalue weighted by atomic mass is 10.1. The Labute approximate surface area is 155 Å². The van der Waals surface area contributed by atoms with Crippen LogP contribution in [0.4, 0.5) is 10.2 Å². The summed E-state index contributed by atoms with van der Waals surface area (Å²) in [5.74, 6) is -0.994. The molecule has 4 rings (SSSR count). The van der Waals surface area contributed by atoms with Crippen molar-refractivity contribution < 1.29 is 14.0 Å². The average molecular weight is 366 g/mol. The molecule has 1 aliphatic heterocycles. The van der Waals surface area contributed by atoms with Crippen molar-refractivity contribution in [2.24, 2.45) is 5.92 Å². The van der Waals surface area contributed by atoms with E-state index in [1.165, 1.54) is 11.0 Å². The van der Waals surface area contributed by atoms with Gasteiger partial charge in [0.15, 0.2) is 5.82 Å². The van der Waals surface area contributed by atoms with E-state index in [0.29, 0.717) is 12.1 Å². The summed E-state index contributed by atoms with van der Waals surface area (Å²) in [4.78, 5) is 28.3. The van der Waals surface area contributed by atoms with Gasteiger partial charge in [-0.25, -0.2) is 4.39 Å². The first-order valence-electron chi connectivity index (χ1n) is 8.76. The fourth-order valence-corrected chi connectivity index (χ4v) is 3.53. The van der Waals surface area contributed by atoms with Crippen molar-refractivity contribution in [3.05, 3.63) is 59.9 Å². The highest BCUT2D eigenvalue weighted by molar-refractivity contribution is 6.05. The van der Waals surface area contributed by atoms with Crippen molar-refractivity contribution in [1.29, 1.82) is 0 Å². The smallest absolute Gasteiger partial charge is 0.229 e. The van der Waals surface area contributed by atoms with Gasteiger partial charge in [0.2, 0.25) is 11.8 Å². The number of hydrogen-bond acceptors (Lipinski definition) is 3. The highest BCUT2D eigenvalue weighted by Crippen LogP contribution is 2.31. The maximum Gasteiger partial charge on any atom is 0.229 e. The SMILES string of the molecule is CN(Cc1ccccc1)C(=O)[C@@H]1CC(=O)N(c2n[nH]c3cccc(F)c23)C1. The largest absolute Gasteiger partial charge is 0.341 e. The quantitative estimate of drug-likeness (QED) is 0.772. The molecule has 1 N–H and O–H groups in total. The standard InChI is InChI=1S/C20H19FN4O2/c1-24(11-13-6-3-2-4-7-13)20(27)14-10-17(26)25(12-14)19-18-15(21)8-5-9-16(18)22-23-19/h2-9,14H,10-12H2,1H3,(H,22,23)/t14-/m1/s1. The predicted molar refractivity (Wildman–Crippen MR) is 99.4 cm³/mol. The molecule has 138 valence electrons. The minimum Gasteiger partial charge on any atom is -0.341 e. The van der Waals surface area contributed by atoms with Gasteiger partial charge in [0.1, 0.15) is 5.82 Å². The van der Waals surface area contributed by atoms with Crippen LogP contribution in [-0.4, -0.2) is 40.5 Å². The maximum atomic E-state index is 14.2. The number of aromatic nitrogens is 2. The number of nitrogens with one attached hydrogen (secondary N) is 1. The van der Waals surface area contributed by atoms with E-state index in [9.17, 15) is 14.0 Å². The Balaban J connectivity index is 1.52. The number of anilines is 1. The lowest BCUT2D eigenvalue weighted by molar-refractivity contribution is -0.135. The Kier molecular flexibility index (Phi) is 4.35. The van der Waals surface area contributed by atoms with Crippen molar-refractivity contribution in [3.63, 3.8) is 0 Å². The van der Waals surface area contributed by atoms with Gasteiger partial charge in [0.25, 0.3) is 0 Å². The van der Waals surface area contributed by atoms with Crippen molar-refractivity contribution in [1.82, 2.24) is 15.1 Å². The van der Waals surface area contributed by atoms with Gasteiger partial charge in [-0.05, 0) is 17.7 Å². The highest BCUT2D eigenvalue weighted by Gasteiger charge is 2.38. The molecule has 0 unspecified atom stereocenters. The summed E-state index contributed by atoms with van der Waals surface area (Å²) in [7, 11) is 1.73. The van der Waals surface area contributed by atoms with Crippen LogP contribution < -0.4 is 4.90 Å². The van der Waals surface area contributed by atoms with Crippen LogP contribution in [0.25, 0.3) is 10.9 Å². The van der Waals surface area contributed by atoms with E-state index in [1.54, 1.807) is 24.1 Å². The van der Waals surface area contributed by atoms with E-state index in [4.69, 9.17) is 0 Å². The van der Waals surface area contributed by atoms with Crippen molar-refractivity contribution in [3.8, 4) is 0 Å². The van der Waals surface area contributed by atoms with Crippen LogP contribution in [0.3, 0.4) is 0 Å². The second kappa shape index (κ2) is 6.83. The molecular weight excluding hydrogens is 347 g/mol. The van der Waals surface area contributed by atoms with Gasteiger partial charge in [-0.2, -0.15) is 5.10 Å². The fourth-order valence-electron chi connectivity index (χ4n) is 3.53. The van der Waals surface area contributed by atoms with E-state index in [2.05, 4.69) is 10.2 Å². The zero-order valence-corrected chi connectivity index (χ0v) is 14.9. The minimum atomic E-state index is -0.468. The Morgan fingerprint density at radius 2 is 2.04 bits per heavy atom. The van der Waals surface area contributed by atoms with Gasteiger partial charge in [-0.1, -0.05) is 36.4 Å². The summed E-state index contributed by atoms with van der Waals surface area (Å²) >= 11 is 0. The zero-order chi connectivity index (χ0) is 19.0. The molecule has 6 nitrogen and oxygen atoms in total. The van der Waals surface area contributed by atoms with E-state index in [-0.39, 0.29) is 36.0 Å². The topological polar surface area (TPSA) is 69.3 Å². The molecule has 3 aromatic rings. The Morgan fingerprint density at radius 3 is 2.81 bits per heavy atom. The summed E-state index contributed by atoms with van der Waals surface area (Å²) in [5, 5.41) is 7.13. The monoisotopic (exact) mass is 366 g/mol. The van der Waals surface area contributed by atoms with Crippen molar-refractivity contribution in [2.45, 2.75) is 13.0 Å². The molecule has 1 atom stereocenters. The van der Waals surface area contributed by atoms with E-state index < -0.39 is 11.7 Å². The number of H-pyrrole nitrogens is 1. The second-order valence-electron chi connectivity index (χ2n) is 6.79. The van der Waals surface area contributed by atoms with Gasteiger partial charge < -0.3 is 4.90 Å². The average Bonchev–Trinajstić information content (AvgIpc) is 3.26. The van der Waals surface area contributed by atoms with E-state index in [1.807, 2.05) is 30.3 Å². The molecule has 0 radical (unpaired) electrons. The van der Waals surface area contributed by atoms with Crippen LogP contribution in [0.5, 0.6) is 0 Å². The van der Waals surface area contributed by atoms with Gasteiger partial charge in [0.05, 0.1) is 16.8 Å². The summed E-state index contributed by atoms with van der Waals surface area (Å²) in [5.41, 5.74) is 1.55. The molecule has 2 amide bonds. The number of aromatic amines is 1. The molecule has 0 aliphatic carbocycles. The van der Waals surface area contributed by atoms with Crippen LogP contribution >= 0.6 is 0 Å². The van der Waals surface area contributed by atoms with Gasteiger partial charge in [0, 0.05) is 26.6 Å². The molecular formula is C20H19FN4O2. The highest BCUT2D eigenvalue weighted by atomic mass is 19.1. The van der Waals surface area contributed by atoms with Crippen LogP contribution in [0.2, 0.25) is 0 Å². The Bertz CT molecular complexity index is 1000. The summed E-state index contributed by atoms with van der Waals surface area (Å²) < 4.78 is 14.2. The molecule has 1 saturated heterocycles. The predicted octanol–water partition coefficient (Wildman–Crippen LogP) is 2.71. The molecule has 27 heavy (non-hydrogen) atoms. The molecule has 2 heterocycles. The van der Waals surface area contributed by atoms with Crippen molar-refractivity contribution >= 4 is 28.5 Å². The Hall–Kier alpha value is -3.22. The minimum absolute atomic E-state index is 0.0980. The molecule has 7 heteroatoms. The molecule has 0 bridgehead atoms. The number of carbonyl (C=O) groups is 2. The number of hydrogen-bond donors (Lipinski definition) is 1. The van der Waals surface area contributed by atoms with E-state index >= 15 is 0 Å². The number of nitrogens with zero attached hydrogens (tertiary/aromatic N) is 3. The van der Waals surface area contributed by atoms with E-state index in [0.717, 1.165) is 5.56 Å². The summed E-state index contributed by atoms with van der Waals surface area (Å²) in [6.07, 6.45) is 0.0980. The number of halogens is 1. The molecule has 1 aromatic heterocycles. The third-order valence-corrected chi connectivity index (χ3v) is 4.89. The van der Waals surface area contributed by atoms with Gasteiger partial charge in [-0.3, -0.25) is 19.6 Å². The van der Waals surface area contributed by atoms with Crippen LogP contribution in [0.15, 0.2) is 48.5 Å². The van der Waals surface area contributed by atoms with Crippen LogP contribution in [-0.2, 0) is 16.1 Å². The molecule has 0 saturated carbocycles. The van der Waals surface area contributed by atoms with Crippen LogP contribution in [0, 0.1) is 11.7 Å². The lowest BCUT2D eigenvalue weighted by Gasteiger charge is -2.21. The first kappa shape index (κ1) is 17.2. The first-order valence-corrected chi connectivity index (χ1v) is 8.76. The molecule has 2 aromatic carbocycles.